The molecule has 2 atom stereocenters. The number of nitrogens with one attached hydrogen (secondary N) is 2. The number of Topliss-reactive ketones (excluding diaryl/α,β-unsaturated/α-hetero) is 1. The van der Waals surface area contributed by atoms with Gasteiger partial charge in [-0.05, 0) is 36.1 Å². The van der Waals surface area contributed by atoms with Crippen molar-refractivity contribution in [3.05, 3.63) is 69.3 Å². The highest BCUT2D eigenvalue weighted by Gasteiger charge is 2.73. The van der Waals surface area contributed by atoms with Gasteiger partial charge in [-0.2, -0.15) is 5.10 Å². The van der Waals surface area contributed by atoms with E-state index in [1.807, 2.05) is 13.0 Å². The van der Waals surface area contributed by atoms with Crippen molar-refractivity contribution in [2.75, 3.05) is 0 Å². The Balaban J connectivity index is 1.69. The van der Waals surface area contributed by atoms with Gasteiger partial charge in [0.1, 0.15) is 11.4 Å². The highest BCUT2D eigenvalue weighted by Crippen LogP contribution is 2.58. The summed E-state index contributed by atoms with van der Waals surface area (Å²) >= 11 is 0. The Bertz CT molecular complexity index is 1180. The summed E-state index contributed by atoms with van der Waals surface area (Å²) < 4.78 is 5.98. The van der Waals surface area contributed by atoms with Gasteiger partial charge in [-0.1, -0.05) is 31.2 Å². The van der Waals surface area contributed by atoms with E-state index in [2.05, 4.69) is 20.7 Å². The van der Waals surface area contributed by atoms with Crippen molar-refractivity contribution in [1.29, 1.82) is 0 Å². The Morgan fingerprint density at radius 1 is 1.33 bits per heavy atom. The molecule has 1 amide bonds. The summed E-state index contributed by atoms with van der Waals surface area (Å²) in [6.07, 6.45) is 5.58. The van der Waals surface area contributed by atoms with Gasteiger partial charge in [0, 0.05) is 22.8 Å². The van der Waals surface area contributed by atoms with Gasteiger partial charge in [0.15, 0.2) is 5.78 Å². The summed E-state index contributed by atoms with van der Waals surface area (Å²) in [6.45, 7) is 1.98. The van der Waals surface area contributed by atoms with Crippen LogP contribution in [0.25, 0.3) is 0 Å². The average Bonchev–Trinajstić information content (AvgIpc) is 3.39. The number of aromatic nitrogens is 2. The molecule has 2 unspecified atom stereocenters. The molecule has 1 fully saturated rings. The van der Waals surface area contributed by atoms with Crippen LogP contribution in [0.5, 0.6) is 5.75 Å². The molecule has 152 valence electrons. The van der Waals surface area contributed by atoms with Gasteiger partial charge in [-0.25, -0.2) is 0 Å². The molecule has 0 bridgehead atoms. The molecule has 3 N–H and O–H groups in total. The van der Waals surface area contributed by atoms with Crippen molar-refractivity contribution >= 4 is 17.5 Å². The van der Waals surface area contributed by atoms with Gasteiger partial charge in [0.2, 0.25) is 11.4 Å². The van der Waals surface area contributed by atoms with E-state index in [9.17, 15) is 19.6 Å². The van der Waals surface area contributed by atoms with E-state index in [0.29, 0.717) is 35.3 Å². The van der Waals surface area contributed by atoms with E-state index in [-0.39, 0.29) is 11.5 Å². The van der Waals surface area contributed by atoms with Crippen molar-refractivity contribution in [2.45, 2.75) is 37.5 Å². The third-order valence-corrected chi connectivity index (χ3v) is 5.93. The van der Waals surface area contributed by atoms with Crippen LogP contribution in [0, 0.1) is 4.91 Å². The number of fused-ring (bicyclic) bond motifs is 5. The Kier molecular flexibility index (Phi) is 3.81. The minimum atomic E-state index is -2.08. The Labute approximate surface area is 170 Å². The molecule has 2 aliphatic carbocycles. The van der Waals surface area contributed by atoms with Crippen molar-refractivity contribution in [3.63, 3.8) is 0 Å². The highest BCUT2D eigenvalue weighted by atomic mass is 16.6. The number of carbonyl (C=O) groups excluding carboxylic acids is 2. The monoisotopic (exact) mass is 406 g/mol. The second kappa shape index (κ2) is 6.20. The predicted octanol–water partition coefficient (Wildman–Crippen LogP) is 2.31. The van der Waals surface area contributed by atoms with Crippen LogP contribution in [-0.2, 0) is 16.8 Å². The molecule has 1 aromatic heterocycles. The number of carbonyl (C=O) groups is 2. The zero-order valence-electron chi connectivity index (χ0n) is 16.1. The normalized spacial score (nSPS) is 26.1. The first-order chi connectivity index (χ1) is 14.4. The number of hydrogen-bond acceptors (Lipinski definition) is 7. The lowest BCUT2D eigenvalue weighted by atomic mass is 9.83. The molecular weight excluding hydrogens is 388 g/mol. The van der Waals surface area contributed by atoms with Crippen LogP contribution in [0.3, 0.4) is 0 Å². The first kappa shape index (κ1) is 18.4. The average molecular weight is 406 g/mol. The lowest BCUT2D eigenvalue weighted by Crippen LogP contribution is -2.62. The molecule has 9 nitrogen and oxygen atoms in total. The van der Waals surface area contributed by atoms with Crippen molar-refractivity contribution < 1.29 is 19.4 Å². The number of ketones is 1. The maximum absolute atomic E-state index is 13.6. The highest BCUT2D eigenvalue weighted by molar-refractivity contribution is 6.15. The molecule has 1 aliphatic heterocycles. The van der Waals surface area contributed by atoms with Gasteiger partial charge < -0.3 is 15.2 Å². The van der Waals surface area contributed by atoms with Crippen molar-refractivity contribution in [2.24, 2.45) is 5.18 Å². The molecule has 0 spiro atoms. The summed E-state index contributed by atoms with van der Waals surface area (Å²) in [7, 11) is 0. The Hall–Kier alpha value is -3.59. The maximum Gasteiger partial charge on any atom is 0.270 e. The van der Waals surface area contributed by atoms with Crippen molar-refractivity contribution in [3.8, 4) is 5.75 Å². The predicted molar refractivity (Wildman–Crippen MR) is 105 cm³/mol. The molecule has 0 radical (unpaired) electrons. The molecule has 30 heavy (non-hydrogen) atoms. The van der Waals surface area contributed by atoms with Crippen LogP contribution in [0.1, 0.15) is 41.4 Å². The largest absolute Gasteiger partial charge is 0.454 e. The smallest absolute Gasteiger partial charge is 0.270 e. The van der Waals surface area contributed by atoms with Gasteiger partial charge in [0.25, 0.3) is 11.7 Å². The number of allylic oxidation sites excluding steroid dienone is 2. The number of hydrogen-bond donors (Lipinski definition) is 3. The lowest BCUT2D eigenvalue weighted by Gasteiger charge is -2.34. The molecule has 1 saturated carbocycles. The summed E-state index contributed by atoms with van der Waals surface area (Å²) in [5, 5.41) is 23.1. The number of rotatable bonds is 4. The summed E-state index contributed by atoms with van der Waals surface area (Å²) in [4.78, 5) is 37.3. The standard InChI is InChI=1S/C21H18N4O5/c1-2-11-7-8-14-16(9-11)30-21(28)13-6-4-3-5-12(13)18(26)20(14,21)22-19(27)15-10-17(25-29)24-23-15/h5-10,28H,2-4H2,1H3,(H,22,27)(H,23,24). The maximum atomic E-state index is 13.6. The molecule has 9 heteroatoms. The number of aliphatic hydroxyl groups is 1. The number of ether oxygens (including phenoxy) is 1. The van der Waals surface area contributed by atoms with Gasteiger partial charge >= 0.3 is 0 Å². The second-order valence-electron chi connectivity index (χ2n) is 7.51. The van der Waals surface area contributed by atoms with Crippen LogP contribution in [0.15, 0.2) is 52.7 Å². The fraction of sp³-hybridized carbons (Fsp3) is 0.286. The first-order valence-electron chi connectivity index (χ1n) is 9.66. The lowest BCUT2D eigenvalue weighted by molar-refractivity contribution is -0.152. The van der Waals surface area contributed by atoms with E-state index in [0.717, 1.165) is 12.0 Å². The van der Waals surface area contributed by atoms with E-state index in [4.69, 9.17) is 4.74 Å². The SMILES string of the molecule is CCc1ccc2c(c1)OC1(O)C3=CCCC=C3C(=O)C21NC(=O)c1cc(N=O)n[nH]1. The van der Waals surface area contributed by atoms with Gasteiger partial charge in [0.05, 0.1) is 0 Å². The summed E-state index contributed by atoms with van der Waals surface area (Å²) in [5.41, 5.74) is 0.126. The minimum Gasteiger partial charge on any atom is -0.454 e. The van der Waals surface area contributed by atoms with Crippen LogP contribution in [-0.4, -0.2) is 32.8 Å². The van der Waals surface area contributed by atoms with Gasteiger partial charge in [-0.15, -0.1) is 4.91 Å². The first-order valence-corrected chi connectivity index (χ1v) is 9.66. The van der Waals surface area contributed by atoms with E-state index >= 15 is 0 Å². The van der Waals surface area contributed by atoms with Gasteiger partial charge in [-0.3, -0.25) is 14.7 Å². The zero-order chi connectivity index (χ0) is 21.1. The molecule has 3 aliphatic rings. The topological polar surface area (TPSA) is 134 Å². The quantitative estimate of drug-likeness (QED) is 0.667. The van der Waals surface area contributed by atoms with E-state index in [1.54, 1.807) is 24.3 Å². The fourth-order valence-corrected chi connectivity index (χ4v) is 4.47. The summed E-state index contributed by atoms with van der Waals surface area (Å²) in [5.74, 6) is -3.09. The Morgan fingerprint density at radius 3 is 2.87 bits per heavy atom. The molecule has 2 aromatic rings. The van der Waals surface area contributed by atoms with Crippen LogP contribution in [0.2, 0.25) is 0 Å². The third kappa shape index (κ3) is 2.18. The molecular formula is C21H18N4O5. The number of nitrogens with zero attached hydrogens (tertiary/aromatic N) is 2. The molecule has 5 rings (SSSR count). The Morgan fingerprint density at radius 2 is 2.13 bits per heavy atom. The van der Waals surface area contributed by atoms with Crippen LogP contribution in [0.4, 0.5) is 5.82 Å². The van der Waals surface area contributed by atoms with Crippen LogP contribution < -0.4 is 10.1 Å². The number of H-pyrrole nitrogens is 1. The van der Waals surface area contributed by atoms with E-state index < -0.39 is 23.0 Å². The number of nitroso groups, excluding NO2 is 1. The second-order valence-corrected chi connectivity index (χ2v) is 7.51. The number of aromatic amines is 1. The molecule has 1 aromatic carbocycles. The number of aryl methyl sites for hydroxylation is 1. The molecule has 2 heterocycles. The number of amides is 1. The van der Waals surface area contributed by atoms with E-state index in [1.165, 1.54) is 6.07 Å². The molecule has 0 saturated heterocycles. The van der Waals surface area contributed by atoms with Crippen molar-refractivity contribution in [1.82, 2.24) is 15.5 Å². The number of benzene rings is 1. The minimum absolute atomic E-state index is 0.0643. The fourth-order valence-electron chi connectivity index (χ4n) is 4.47. The third-order valence-electron chi connectivity index (χ3n) is 5.93. The summed E-state index contributed by atoms with van der Waals surface area (Å²) in [6, 6.07) is 6.47. The zero-order valence-corrected chi connectivity index (χ0v) is 16.1. The van der Waals surface area contributed by atoms with Crippen LogP contribution >= 0.6 is 0 Å².